The Hall–Kier alpha value is -0.840. The molecule has 0 bridgehead atoms. The van der Waals surface area contributed by atoms with E-state index in [2.05, 4.69) is 41.3 Å². The molecule has 3 nitrogen and oxygen atoms in total. The van der Waals surface area contributed by atoms with Crippen molar-refractivity contribution in [2.75, 3.05) is 23.9 Å². The minimum absolute atomic E-state index is 0.0753. The van der Waals surface area contributed by atoms with Gasteiger partial charge in [0.1, 0.15) is 5.00 Å². The third kappa shape index (κ3) is 2.57. The third-order valence-corrected chi connectivity index (χ3v) is 4.59. The predicted molar refractivity (Wildman–Crippen MR) is 81.5 cm³/mol. The fourth-order valence-electron chi connectivity index (χ4n) is 2.63. The molecule has 1 aliphatic heterocycles. The molecule has 0 amide bonds. The van der Waals surface area contributed by atoms with E-state index < -0.39 is 0 Å². The minimum Gasteiger partial charge on any atom is -0.367 e. The Morgan fingerprint density at radius 1 is 1.47 bits per heavy atom. The molecule has 1 atom stereocenters. The molecule has 0 aliphatic carbocycles. The van der Waals surface area contributed by atoms with Crippen LogP contribution in [0.1, 0.15) is 13.8 Å². The van der Waals surface area contributed by atoms with Crippen molar-refractivity contribution in [2.45, 2.75) is 25.6 Å². The molecule has 102 valence electrons. The summed E-state index contributed by atoms with van der Waals surface area (Å²) < 4.78 is 10.5. The summed E-state index contributed by atoms with van der Waals surface area (Å²) in [5.41, 5.74) is 0.886. The van der Waals surface area contributed by atoms with Crippen molar-refractivity contribution in [2.24, 2.45) is 0 Å². The number of alkyl halides is 1. The van der Waals surface area contributed by atoms with E-state index >= 15 is 0 Å². The Balaban J connectivity index is 1.96. The van der Waals surface area contributed by atoms with Crippen LogP contribution in [0, 0.1) is 0 Å². The van der Waals surface area contributed by atoms with Crippen molar-refractivity contribution >= 4 is 39.0 Å². The standard InChI is InChI=1S/C14H17ClN2OS/c1-14(2)9-17(8-10(7-15)18-14)13-11-5-3-4-6-12(11)16-19-13/h3-6,10H,7-9H2,1-2H3. The van der Waals surface area contributed by atoms with Gasteiger partial charge in [-0.25, -0.2) is 0 Å². The van der Waals surface area contributed by atoms with Gasteiger partial charge in [-0.2, -0.15) is 4.37 Å². The number of fused-ring (bicyclic) bond motifs is 1. The second-order valence-electron chi connectivity index (χ2n) is 5.54. The number of nitrogens with zero attached hydrogens (tertiary/aromatic N) is 2. The van der Waals surface area contributed by atoms with Gasteiger partial charge in [-0.05, 0) is 37.5 Å². The first-order valence-electron chi connectivity index (χ1n) is 6.42. The molecule has 0 N–H and O–H groups in total. The maximum absolute atomic E-state index is 5.99. The summed E-state index contributed by atoms with van der Waals surface area (Å²) in [7, 11) is 0. The molecule has 3 rings (SSSR count). The first-order chi connectivity index (χ1) is 9.09. The van der Waals surface area contributed by atoms with Gasteiger partial charge in [-0.3, -0.25) is 0 Å². The van der Waals surface area contributed by atoms with E-state index in [1.807, 2.05) is 6.07 Å². The van der Waals surface area contributed by atoms with Crippen LogP contribution in [0.25, 0.3) is 10.9 Å². The summed E-state index contributed by atoms with van der Waals surface area (Å²) in [5.74, 6) is 0.524. The van der Waals surface area contributed by atoms with Gasteiger partial charge < -0.3 is 9.64 Å². The average molecular weight is 297 g/mol. The summed E-state index contributed by atoms with van der Waals surface area (Å²) in [6.45, 7) is 5.93. The van der Waals surface area contributed by atoms with Crippen LogP contribution >= 0.6 is 23.1 Å². The Bertz CT molecular complexity index is 584. The zero-order valence-corrected chi connectivity index (χ0v) is 12.7. The molecule has 1 aliphatic rings. The number of hydrogen-bond acceptors (Lipinski definition) is 4. The highest BCUT2D eigenvalue weighted by atomic mass is 35.5. The van der Waals surface area contributed by atoms with Crippen molar-refractivity contribution in [3.8, 4) is 0 Å². The lowest BCUT2D eigenvalue weighted by Crippen LogP contribution is -2.53. The maximum Gasteiger partial charge on any atom is 0.120 e. The summed E-state index contributed by atoms with van der Waals surface area (Å²) >= 11 is 7.55. The minimum atomic E-state index is -0.178. The van der Waals surface area contributed by atoms with Crippen molar-refractivity contribution in [3.63, 3.8) is 0 Å². The van der Waals surface area contributed by atoms with E-state index in [0.717, 1.165) is 18.6 Å². The summed E-state index contributed by atoms with van der Waals surface area (Å²) in [4.78, 5) is 2.36. The largest absolute Gasteiger partial charge is 0.367 e. The number of anilines is 1. The zero-order valence-electron chi connectivity index (χ0n) is 11.1. The second-order valence-corrected chi connectivity index (χ2v) is 6.60. The van der Waals surface area contributed by atoms with Crippen LogP contribution in [-0.2, 0) is 4.74 Å². The molecule has 1 unspecified atom stereocenters. The molecule has 0 spiro atoms. The lowest BCUT2D eigenvalue weighted by Gasteiger charge is -2.42. The molecule has 1 aromatic carbocycles. The van der Waals surface area contributed by atoms with Gasteiger partial charge in [0.05, 0.1) is 23.1 Å². The van der Waals surface area contributed by atoms with E-state index in [4.69, 9.17) is 16.3 Å². The zero-order chi connectivity index (χ0) is 13.5. The molecular formula is C14H17ClN2OS. The number of benzene rings is 1. The first-order valence-corrected chi connectivity index (χ1v) is 7.73. The molecule has 19 heavy (non-hydrogen) atoms. The normalized spacial score (nSPS) is 22.9. The number of ether oxygens (including phenoxy) is 1. The van der Waals surface area contributed by atoms with E-state index in [1.54, 1.807) is 11.5 Å². The molecule has 2 heterocycles. The van der Waals surface area contributed by atoms with Gasteiger partial charge in [0.25, 0.3) is 0 Å². The van der Waals surface area contributed by atoms with Gasteiger partial charge >= 0.3 is 0 Å². The highest BCUT2D eigenvalue weighted by Crippen LogP contribution is 2.35. The predicted octanol–water partition coefficient (Wildman–Crippen LogP) is 3.52. The molecule has 0 radical (unpaired) electrons. The van der Waals surface area contributed by atoms with Gasteiger partial charge in [0.2, 0.25) is 0 Å². The van der Waals surface area contributed by atoms with Crippen LogP contribution in [0.15, 0.2) is 24.3 Å². The number of morpholine rings is 1. The van der Waals surface area contributed by atoms with Crippen LogP contribution in [-0.4, -0.2) is 35.0 Å². The van der Waals surface area contributed by atoms with E-state index in [0.29, 0.717) is 5.88 Å². The monoisotopic (exact) mass is 296 g/mol. The fraction of sp³-hybridized carbons (Fsp3) is 0.500. The van der Waals surface area contributed by atoms with Gasteiger partial charge in [0, 0.05) is 18.5 Å². The number of aromatic nitrogens is 1. The van der Waals surface area contributed by atoms with Crippen LogP contribution < -0.4 is 4.90 Å². The summed E-state index contributed by atoms with van der Waals surface area (Å²) in [6.07, 6.45) is 0.0753. The first kappa shape index (κ1) is 13.2. The van der Waals surface area contributed by atoms with Crippen molar-refractivity contribution in [1.82, 2.24) is 4.37 Å². The third-order valence-electron chi connectivity index (χ3n) is 3.31. The average Bonchev–Trinajstić information content (AvgIpc) is 2.80. The Morgan fingerprint density at radius 2 is 2.26 bits per heavy atom. The summed E-state index contributed by atoms with van der Waals surface area (Å²) in [6, 6.07) is 8.27. The highest BCUT2D eigenvalue weighted by Gasteiger charge is 2.34. The summed E-state index contributed by atoms with van der Waals surface area (Å²) in [5, 5.41) is 2.45. The molecule has 1 saturated heterocycles. The van der Waals surface area contributed by atoms with Crippen LogP contribution in [0.4, 0.5) is 5.00 Å². The molecular weight excluding hydrogens is 280 g/mol. The molecule has 5 heteroatoms. The Labute approximate surface area is 122 Å². The van der Waals surface area contributed by atoms with Crippen LogP contribution in [0.5, 0.6) is 0 Å². The lowest BCUT2D eigenvalue weighted by molar-refractivity contribution is -0.0732. The van der Waals surface area contributed by atoms with Crippen molar-refractivity contribution in [1.29, 1.82) is 0 Å². The van der Waals surface area contributed by atoms with E-state index in [9.17, 15) is 0 Å². The SMILES string of the molecule is CC1(C)CN(c2snc3ccccc23)CC(CCl)O1. The smallest absolute Gasteiger partial charge is 0.120 e. The lowest BCUT2D eigenvalue weighted by atomic mass is 10.1. The quantitative estimate of drug-likeness (QED) is 0.793. The second kappa shape index (κ2) is 4.93. The van der Waals surface area contributed by atoms with Crippen LogP contribution in [0.2, 0.25) is 0 Å². The van der Waals surface area contributed by atoms with Crippen molar-refractivity contribution < 1.29 is 4.74 Å². The Morgan fingerprint density at radius 3 is 3.05 bits per heavy atom. The number of halogens is 1. The van der Waals surface area contributed by atoms with E-state index in [1.165, 1.54) is 10.4 Å². The van der Waals surface area contributed by atoms with E-state index in [-0.39, 0.29) is 11.7 Å². The maximum atomic E-state index is 5.99. The van der Waals surface area contributed by atoms with Gasteiger partial charge in [0.15, 0.2) is 0 Å². The molecule has 2 aromatic rings. The molecule has 0 saturated carbocycles. The van der Waals surface area contributed by atoms with Gasteiger partial charge in [-0.1, -0.05) is 12.1 Å². The van der Waals surface area contributed by atoms with Crippen LogP contribution in [0.3, 0.4) is 0 Å². The number of rotatable bonds is 2. The Kier molecular flexibility index (Phi) is 3.41. The topological polar surface area (TPSA) is 25.4 Å². The fourth-order valence-corrected chi connectivity index (χ4v) is 3.66. The van der Waals surface area contributed by atoms with Gasteiger partial charge in [-0.15, -0.1) is 11.6 Å². The molecule has 1 fully saturated rings. The van der Waals surface area contributed by atoms with Crippen molar-refractivity contribution in [3.05, 3.63) is 24.3 Å². The molecule has 1 aromatic heterocycles. The number of hydrogen-bond donors (Lipinski definition) is 0. The highest BCUT2D eigenvalue weighted by molar-refractivity contribution is 7.11.